The fourth-order valence-corrected chi connectivity index (χ4v) is 4.59. The van der Waals surface area contributed by atoms with Crippen molar-refractivity contribution in [3.05, 3.63) is 107 Å². The number of benzene rings is 2. The number of rotatable bonds is 4. The van der Waals surface area contributed by atoms with Crippen molar-refractivity contribution in [2.45, 2.75) is 25.3 Å². The summed E-state index contributed by atoms with van der Waals surface area (Å²) in [6.45, 7) is 1.88. The van der Waals surface area contributed by atoms with E-state index >= 15 is 0 Å². The summed E-state index contributed by atoms with van der Waals surface area (Å²) in [6, 6.07) is 16.4. The third-order valence-corrected chi connectivity index (χ3v) is 6.28. The summed E-state index contributed by atoms with van der Waals surface area (Å²) >= 11 is 0. The van der Waals surface area contributed by atoms with Crippen LogP contribution in [0.15, 0.2) is 84.2 Å². The Labute approximate surface area is 186 Å². The smallest absolute Gasteiger partial charge is 0.271 e. The fourth-order valence-electron chi connectivity index (χ4n) is 4.59. The van der Waals surface area contributed by atoms with Crippen LogP contribution in [0, 0.1) is 11.7 Å². The summed E-state index contributed by atoms with van der Waals surface area (Å²) in [5.41, 5.74) is 8.20. The van der Waals surface area contributed by atoms with E-state index < -0.39 is 0 Å². The number of fused-ring (bicyclic) bond motifs is 3. The molecule has 3 atom stereocenters. The van der Waals surface area contributed by atoms with Gasteiger partial charge in [0.15, 0.2) is 0 Å². The normalized spacial score (nSPS) is 21.4. The second-order valence-corrected chi connectivity index (χ2v) is 8.20. The molecule has 1 aliphatic heterocycles. The Morgan fingerprint density at radius 1 is 1.09 bits per heavy atom. The lowest BCUT2D eigenvalue weighted by molar-refractivity contribution is 0.0954. The van der Waals surface area contributed by atoms with Crippen molar-refractivity contribution in [2.24, 2.45) is 11.0 Å². The number of hydrogen-bond acceptors (Lipinski definition) is 4. The molecule has 160 valence electrons. The van der Waals surface area contributed by atoms with Crippen LogP contribution < -0.4 is 10.7 Å². The molecular formula is C26H23FN4O. The molecule has 3 aromatic rings. The largest absolute Gasteiger partial charge is 0.378 e. The number of anilines is 1. The number of nitrogens with one attached hydrogen (secondary N) is 2. The second kappa shape index (κ2) is 8.38. The van der Waals surface area contributed by atoms with E-state index in [-0.39, 0.29) is 23.7 Å². The molecule has 2 heterocycles. The molecule has 2 aliphatic rings. The van der Waals surface area contributed by atoms with E-state index in [0.717, 1.165) is 28.9 Å². The zero-order valence-corrected chi connectivity index (χ0v) is 17.6. The summed E-state index contributed by atoms with van der Waals surface area (Å²) in [6.07, 6.45) is 8.62. The molecule has 1 amide bonds. The average molecular weight is 426 g/mol. The Kier molecular flexibility index (Phi) is 5.27. The molecule has 0 spiro atoms. The van der Waals surface area contributed by atoms with Gasteiger partial charge >= 0.3 is 0 Å². The first-order chi connectivity index (χ1) is 15.6. The average Bonchev–Trinajstić information content (AvgIpc) is 3.33. The molecule has 5 rings (SSSR count). The van der Waals surface area contributed by atoms with Crippen LogP contribution in [-0.4, -0.2) is 16.6 Å². The van der Waals surface area contributed by atoms with Gasteiger partial charge < -0.3 is 5.32 Å². The van der Waals surface area contributed by atoms with Crippen molar-refractivity contribution in [1.29, 1.82) is 0 Å². The standard InChI is InChI=1S/C26H23FN4O/c1-16(30-31-26(32)18-11-13-28-14-12-18)19-7-10-24-23(15-19)21-3-2-4-22(21)25(29-24)17-5-8-20(27)9-6-17/h2-3,5-15,21-22,25,29H,4H2,1H3,(H,31,32)/b30-16-/t21-,22+,25+/m1/s1. The summed E-state index contributed by atoms with van der Waals surface area (Å²) in [4.78, 5) is 16.2. The lowest BCUT2D eigenvalue weighted by atomic mass is 9.76. The highest BCUT2D eigenvalue weighted by molar-refractivity contribution is 6.01. The molecule has 32 heavy (non-hydrogen) atoms. The number of halogens is 1. The molecule has 0 fully saturated rings. The number of carbonyl (C=O) groups is 1. The first-order valence-electron chi connectivity index (χ1n) is 10.7. The first-order valence-corrected chi connectivity index (χ1v) is 10.7. The second-order valence-electron chi connectivity index (χ2n) is 8.20. The van der Waals surface area contributed by atoms with Crippen LogP contribution in [0.25, 0.3) is 0 Å². The Balaban J connectivity index is 1.40. The van der Waals surface area contributed by atoms with E-state index in [2.05, 4.69) is 45.1 Å². The fraction of sp³-hybridized carbons (Fsp3) is 0.192. The van der Waals surface area contributed by atoms with E-state index in [1.165, 1.54) is 17.7 Å². The molecule has 0 radical (unpaired) electrons. The van der Waals surface area contributed by atoms with Crippen LogP contribution in [-0.2, 0) is 0 Å². The maximum absolute atomic E-state index is 13.4. The number of allylic oxidation sites excluding steroid dienone is 2. The quantitative estimate of drug-likeness (QED) is 0.342. The maximum Gasteiger partial charge on any atom is 0.271 e. The van der Waals surface area contributed by atoms with Gasteiger partial charge in [-0.1, -0.05) is 30.4 Å². The highest BCUT2D eigenvalue weighted by Gasteiger charge is 2.37. The summed E-state index contributed by atoms with van der Waals surface area (Å²) in [5.74, 6) is 0.154. The highest BCUT2D eigenvalue weighted by atomic mass is 19.1. The number of aromatic nitrogens is 1. The molecule has 1 aliphatic carbocycles. The molecular weight excluding hydrogens is 403 g/mol. The van der Waals surface area contributed by atoms with Crippen molar-refractivity contribution < 1.29 is 9.18 Å². The number of carbonyl (C=O) groups excluding carboxylic acids is 1. The maximum atomic E-state index is 13.4. The van der Waals surface area contributed by atoms with Crippen molar-refractivity contribution in [3.8, 4) is 0 Å². The van der Waals surface area contributed by atoms with Gasteiger partial charge in [-0.15, -0.1) is 0 Å². The molecule has 2 N–H and O–H groups in total. The minimum Gasteiger partial charge on any atom is -0.378 e. The Hall–Kier alpha value is -3.80. The van der Waals surface area contributed by atoms with Crippen molar-refractivity contribution in [1.82, 2.24) is 10.4 Å². The monoisotopic (exact) mass is 426 g/mol. The van der Waals surface area contributed by atoms with Gasteiger partial charge in [0.25, 0.3) is 5.91 Å². The van der Waals surface area contributed by atoms with Gasteiger partial charge in [-0.05, 0) is 72.4 Å². The van der Waals surface area contributed by atoms with Crippen molar-refractivity contribution in [2.75, 3.05) is 5.32 Å². The Morgan fingerprint density at radius 2 is 1.88 bits per heavy atom. The summed E-state index contributed by atoms with van der Waals surface area (Å²) in [7, 11) is 0. The van der Waals surface area contributed by atoms with Gasteiger partial charge in [0.05, 0.1) is 11.8 Å². The summed E-state index contributed by atoms with van der Waals surface area (Å²) < 4.78 is 13.4. The highest BCUT2D eigenvalue weighted by Crippen LogP contribution is 2.49. The number of hydrogen-bond donors (Lipinski definition) is 2. The van der Waals surface area contributed by atoms with Crippen LogP contribution in [0.1, 0.15) is 52.4 Å². The van der Waals surface area contributed by atoms with Crippen LogP contribution in [0.5, 0.6) is 0 Å². The van der Waals surface area contributed by atoms with Crippen LogP contribution in [0.3, 0.4) is 0 Å². The first kappa shape index (κ1) is 20.1. The Bertz CT molecular complexity index is 1200. The third-order valence-electron chi connectivity index (χ3n) is 6.28. The molecule has 1 aromatic heterocycles. The molecule has 0 saturated carbocycles. The minimum atomic E-state index is -0.271. The number of nitrogens with zero attached hydrogens (tertiary/aromatic N) is 2. The van der Waals surface area contributed by atoms with E-state index in [0.29, 0.717) is 11.5 Å². The lowest BCUT2D eigenvalue weighted by Crippen LogP contribution is -2.29. The zero-order chi connectivity index (χ0) is 22.1. The number of pyridine rings is 1. The minimum absolute atomic E-state index is 0.128. The van der Waals surface area contributed by atoms with Crippen molar-refractivity contribution in [3.63, 3.8) is 0 Å². The van der Waals surface area contributed by atoms with Crippen LogP contribution in [0.2, 0.25) is 0 Å². The van der Waals surface area contributed by atoms with Crippen LogP contribution in [0.4, 0.5) is 10.1 Å². The number of hydrazone groups is 1. The third kappa shape index (κ3) is 3.80. The lowest BCUT2D eigenvalue weighted by Gasteiger charge is -2.37. The van der Waals surface area contributed by atoms with E-state index in [1.807, 2.05) is 25.1 Å². The van der Waals surface area contributed by atoms with Crippen molar-refractivity contribution >= 4 is 17.3 Å². The van der Waals surface area contributed by atoms with Gasteiger partial charge in [-0.2, -0.15) is 5.10 Å². The van der Waals surface area contributed by atoms with E-state index in [4.69, 9.17) is 0 Å². The molecule has 6 heteroatoms. The van der Waals surface area contributed by atoms with E-state index in [1.54, 1.807) is 24.5 Å². The van der Waals surface area contributed by atoms with Gasteiger partial charge in [-0.3, -0.25) is 9.78 Å². The molecule has 5 nitrogen and oxygen atoms in total. The molecule has 2 aromatic carbocycles. The molecule has 0 unspecified atom stereocenters. The predicted octanol–water partition coefficient (Wildman–Crippen LogP) is 5.20. The SMILES string of the molecule is C/C(=N/NC(=O)c1ccncc1)c1ccc2c(c1)[C@@H]1C=CC[C@@H]1[C@H](c1ccc(F)cc1)N2. The topological polar surface area (TPSA) is 66.4 Å². The molecule has 0 bridgehead atoms. The van der Waals surface area contributed by atoms with Crippen LogP contribution >= 0.6 is 0 Å². The predicted molar refractivity (Wildman–Crippen MR) is 123 cm³/mol. The number of amides is 1. The summed E-state index contributed by atoms with van der Waals surface area (Å²) in [5, 5.41) is 7.96. The van der Waals surface area contributed by atoms with Gasteiger partial charge in [0.2, 0.25) is 0 Å². The van der Waals surface area contributed by atoms with E-state index in [9.17, 15) is 9.18 Å². The van der Waals surface area contributed by atoms with Gasteiger partial charge in [0, 0.05) is 29.6 Å². The molecule has 0 saturated heterocycles. The Morgan fingerprint density at radius 3 is 2.66 bits per heavy atom. The zero-order valence-electron chi connectivity index (χ0n) is 17.6. The van der Waals surface area contributed by atoms with Gasteiger partial charge in [0.1, 0.15) is 5.82 Å². The van der Waals surface area contributed by atoms with Gasteiger partial charge in [-0.25, -0.2) is 9.82 Å².